The molecule has 2 aromatic heterocycles. The number of benzene rings is 1. The Balaban J connectivity index is 2.04. The topological polar surface area (TPSA) is 69.9 Å². The molecule has 0 radical (unpaired) electrons. The van der Waals surface area contributed by atoms with Gasteiger partial charge in [0.2, 0.25) is 0 Å². The first-order valence-electron chi connectivity index (χ1n) is 5.72. The molecule has 0 bridgehead atoms. The fourth-order valence-electron chi connectivity index (χ4n) is 1.91. The largest absolute Gasteiger partial charge is 0.453 e. The lowest BCUT2D eigenvalue weighted by atomic mass is 10.1. The van der Waals surface area contributed by atoms with Gasteiger partial charge in [-0.1, -0.05) is 23.4 Å². The van der Waals surface area contributed by atoms with Gasteiger partial charge in [-0.2, -0.15) is 0 Å². The van der Waals surface area contributed by atoms with E-state index in [9.17, 15) is 0 Å². The predicted octanol–water partition coefficient (Wildman–Crippen LogP) is 2.56. The highest BCUT2D eigenvalue weighted by atomic mass is 35.5. The second-order valence-corrected chi connectivity index (χ2v) is 4.38. The van der Waals surface area contributed by atoms with Crippen LogP contribution >= 0.6 is 11.6 Å². The van der Waals surface area contributed by atoms with Gasteiger partial charge in [-0.3, -0.25) is 0 Å². The third kappa shape index (κ3) is 2.14. The van der Waals surface area contributed by atoms with Crippen LogP contribution in [0.25, 0.3) is 5.69 Å². The first kappa shape index (κ1) is 12.0. The molecule has 0 aliphatic rings. The number of nitrogens with two attached hydrogens (primary N) is 1. The zero-order valence-electron chi connectivity index (χ0n) is 9.90. The lowest BCUT2D eigenvalue weighted by Crippen LogP contribution is -2.16. The van der Waals surface area contributed by atoms with Crippen molar-refractivity contribution < 1.29 is 4.42 Å². The normalized spacial score (nSPS) is 12.5. The number of rotatable bonds is 3. The van der Waals surface area contributed by atoms with Crippen LogP contribution in [0.1, 0.15) is 17.3 Å². The molecular formula is C13H11ClN4O. The first-order valence-corrected chi connectivity index (χ1v) is 6.09. The second kappa shape index (κ2) is 4.87. The van der Waals surface area contributed by atoms with Gasteiger partial charge in [-0.25, -0.2) is 4.68 Å². The van der Waals surface area contributed by atoms with E-state index in [1.54, 1.807) is 16.9 Å². The molecule has 1 atom stereocenters. The minimum absolute atomic E-state index is 0.285. The Labute approximate surface area is 114 Å². The number of hydrogen-bond acceptors (Lipinski definition) is 4. The van der Waals surface area contributed by atoms with Crippen molar-refractivity contribution in [1.29, 1.82) is 0 Å². The SMILES string of the molecule is NC(c1ccoc1Cl)c1cnnn1-c1ccccc1. The van der Waals surface area contributed by atoms with Crippen molar-refractivity contribution in [3.8, 4) is 5.69 Å². The van der Waals surface area contributed by atoms with Crippen molar-refractivity contribution in [3.05, 3.63) is 65.3 Å². The number of furan rings is 1. The Morgan fingerprint density at radius 1 is 1.21 bits per heavy atom. The van der Waals surface area contributed by atoms with Crippen LogP contribution in [-0.4, -0.2) is 15.0 Å². The molecule has 1 unspecified atom stereocenters. The van der Waals surface area contributed by atoms with E-state index in [1.165, 1.54) is 6.26 Å². The molecule has 0 spiro atoms. The summed E-state index contributed by atoms with van der Waals surface area (Å²) < 4.78 is 6.75. The zero-order valence-corrected chi connectivity index (χ0v) is 10.7. The third-order valence-electron chi connectivity index (χ3n) is 2.88. The van der Waals surface area contributed by atoms with Crippen molar-refractivity contribution in [3.63, 3.8) is 0 Å². The van der Waals surface area contributed by atoms with E-state index < -0.39 is 6.04 Å². The van der Waals surface area contributed by atoms with Crippen LogP contribution < -0.4 is 5.73 Å². The maximum atomic E-state index is 6.20. The molecule has 96 valence electrons. The quantitative estimate of drug-likeness (QED) is 0.797. The maximum Gasteiger partial charge on any atom is 0.198 e. The van der Waals surface area contributed by atoms with E-state index >= 15 is 0 Å². The average molecular weight is 275 g/mol. The lowest BCUT2D eigenvalue weighted by Gasteiger charge is -2.12. The fourth-order valence-corrected chi connectivity index (χ4v) is 2.14. The van der Waals surface area contributed by atoms with Crippen molar-refractivity contribution in [2.45, 2.75) is 6.04 Å². The van der Waals surface area contributed by atoms with Crippen LogP contribution in [-0.2, 0) is 0 Å². The number of halogens is 1. The summed E-state index contributed by atoms with van der Waals surface area (Å²) in [6.07, 6.45) is 3.13. The van der Waals surface area contributed by atoms with E-state index in [0.29, 0.717) is 5.56 Å². The summed E-state index contributed by atoms with van der Waals surface area (Å²) in [7, 11) is 0. The highest BCUT2D eigenvalue weighted by Gasteiger charge is 2.20. The predicted molar refractivity (Wildman–Crippen MR) is 71.1 cm³/mol. The van der Waals surface area contributed by atoms with E-state index in [-0.39, 0.29) is 5.22 Å². The highest BCUT2D eigenvalue weighted by Crippen LogP contribution is 2.27. The maximum absolute atomic E-state index is 6.20. The summed E-state index contributed by atoms with van der Waals surface area (Å²) >= 11 is 5.95. The molecule has 3 rings (SSSR count). The first-order chi connectivity index (χ1) is 9.27. The summed E-state index contributed by atoms with van der Waals surface area (Å²) in [5.74, 6) is 0. The molecule has 0 saturated heterocycles. The molecule has 1 aromatic carbocycles. The van der Waals surface area contributed by atoms with Gasteiger partial charge in [-0.15, -0.1) is 5.10 Å². The minimum Gasteiger partial charge on any atom is -0.453 e. The van der Waals surface area contributed by atoms with E-state index in [1.807, 2.05) is 30.3 Å². The van der Waals surface area contributed by atoms with E-state index in [4.69, 9.17) is 21.8 Å². The van der Waals surface area contributed by atoms with Crippen LogP contribution in [0.3, 0.4) is 0 Å². The van der Waals surface area contributed by atoms with Crippen LogP contribution in [0.2, 0.25) is 5.22 Å². The zero-order chi connectivity index (χ0) is 13.2. The van der Waals surface area contributed by atoms with Gasteiger partial charge in [0.1, 0.15) is 0 Å². The Hall–Kier alpha value is -2.11. The molecular weight excluding hydrogens is 264 g/mol. The smallest absolute Gasteiger partial charge is 0.198 e. The molecule has 5 nitrogen and oxygen atoms in total. The lowest BCUT2D eigenvalue weighted by molar-refractivity contribution is 0.563. The summed E-state index contributed by atoms with van der Waals surface area (Å²) in [6, 6.07) is 11.0. The standard InChI is InChI=1S/C13H11ClN4O/c14-13-10(6-7-19-13)12(15)11-8-16-17-18(11)9-4-2-1-3-5-9/h1-8,12H,15H2. The summed E-state index contributed by atoms with van der Waals surface area (Å²) in [6.45, 7) is 0. The van der Waals surface area contributed by atoms with Gasteiger partial charge in [0, 0.05) is 5.56 Å². The molecule has 0 aliphatic heterocycles. The van der Waals surface area contributed by atoms with Gasteiger partial charge in [0.05, 0.1) is 29.9 Å². The Kier molecular flexibility index (Phi) is 3.06. The van der Waals surface area contributed by atoms with Crippen LogP contribution in [0.4, 0.5) is 0 Å². The Morgan fingerprint density at radius 2 is 2.00 bits per heavy atom. The minimum atomic E-state index is -0.443. The average Bonchev–Trinajstić information content (AvgIpc) is 3.07. The van der Waals surface area contributed by atoms with E-state index in [2.05, 4.69) is 10.3 Å². The summed E-state index contributed by atoms with van der Waals surface area (Å²) in [5, 5.41) is 8.26. The third-order valence-corrected chi connectivity index (χ3v) is 3.18. The van der Waals surface area contributed by atoms with Gasteiger partial charge < -0.3 is 10.2 Å². The van der Waals surface area contributed by atoms with Gasteiger partial charge >= 0.3 is 0 Å². The van der Waals surface area contributed by atoms with E-state index in [0.717, 1.165) is 11.4 Å². The van der Waals surface area contributed by atoms with Gasteiger partial charge in [0.25, 0.3) is 0 Å². The highest BCUT2D eigenvalue weighted by molar-refractivity contribution is 6.29. The summed E-state index contributed by atoms with van der Waals surface area (Å²) in [5.41, 5.74) is 8.55. The van der Waals surface area contributed by atoms with Crippen molar-refractivity contribution >= 4 is 11.6 Å². The number of hydrogen-bond donors (Lipinski definition) is 1. The van der Waals surface area contributed by atoms with Crippen molar-refractivity contribution in [2.75, 3.05) is 0 Å². The molecule has 19 heavy (non-hydrogen) atoms. The number of aromatic nitrogens is 3. The van der Waals surface area contributed by atoms with Crippen LogP contribution in [0.5, 0.6) is 0 Å². The van der Waals surface area contributed by atoms with Gasteiger partial charge in [-0.05, 0) is 29.8 Å². The van der Waals surface area contributed by atoms with Crippen LogP contribution in [0.15, 0.2) is 53.3 Å². The second-order valence-electron chi connectivity index (χ2n) is 4.03. The molecule has 0 aliphatic carbocycles. The Morgan fingerprint density at radius 3 is 2.68 bits per heavy atom. The molecule has 0 saturated carbocycles. The fraction of sp³-hybridized carbons (Fsp3) is 0.0769. The van der Waals surface area contributed by atoms with Crippen molar-refractivity contribution in [2.24, 2.45) is 5.73 Å². The van der Waals surface area contributed by atoms with Crippen molar-refractivity contribution in [1.82, 2.24) is 15.0 Å². The summed E-state index contributed by atoms with van der Waals surface area (Å²) in [4.78, 5) is 0. The van der Waals surface area contributed by atoms with Gasteiger partial charge in [0.15, 0.2) is 5.22 Å². The molecule has 0 fully saturated rings. The monoisotopic (exact) mass is 274 g/mol. The molecule has 0 amide bonds. The molecule has 6 heteroatoms. The number of para-hydroxylation sites is 1. The molecule has 2 heterocycles. The molecule has 3 aromatic rings. The number of nitrogens with zero attached hydrogens (tertiary/aromatic N) is 3. The van der Waals surface area contributed by atoms with Crippen LogP contribution in [0, 0.1) is 0 Å². The Bertz CT molecular complexity index is 677. The molecule has 2 N–H and O–H groups in total.